The summed E-state index contributed by atoms with van der Waals surface area (Å²) in [6.45, 7) is 5.99. The Balaban J connectivity index is 1.55. The molecule has 2 heterocycles. The topological polar surface area (TPSA) is 79.4 Å². The molecule has 3 rings (SSSR count). The van der Waals surface area contributed by atoms with Crippen molar-refractivity contribution in [3.8, 4) is 5.75 Å². The maximum Gasteiger partial charge on any atom is 0.409 e. The second-order valence-electron chi connectivity index (χ2n) is 6.53. The summed E-state index contributed by atoms with van der Waals surface area (Å²) >= 11 is 0. The van der Waals surface area contributed by atoms with Gasteiger partial charge in [-0.3, -0.25) is 9.59 Å². The maximum atomic E-state index is 12.6. The number of para-hydroxylation sites is 2. The molecule has 0 saturated carbocycles. The second-order valence-corrected chi connectivity index (χ2v) is 6.53. The highest BCUT2D eigenvalue weighted by Crippen LogP contribution is 2.33. The standard InChI is InChI=1S/C19H25N3O5/c1-3-26-19(25)21-12-10-20(11-13-21)17(23)8-9-22-15-6-4-5-7-16(15)27-14(2)18(22)24/h4-7,14H,3,8-13H2,1-2H3/t14-/m1/s1. The van der Waals surface area contributed by atoms with Crippen molar-refractivity contribution >= 4 is 23.6 Å². The van der Waals surface area contributed by atoms with Gasteiger partial charge in [-0.15, -0.1) is 0 Å². The molecule has 1 aromatic rings. The lowest BCUT2D eigenvalue weighted by molar-refractivity contribution is -0.132. The monoisotopic (exact) mass is 375 g/mol. The first-order valence-corrected chi connectivity index (χ1v) is 9.27. The summed E-state index contributed by atoms with van der Waals surface area (Å²) in [5.41, 5.74) is 0.695. The van der Waals surface area contributed by atoms with E-state index in [0.29, 0.717) is 50.8 Å². The number of amides is 3. The van der Waals surface area contributed by atoms with E-state index < -0.39 is 6.10 Å². The number of hydrogen-bond acceptors (Lipinski definition) is 5. The smallest absolute Gasteiger partial charge is 0.409 e. The fourth-order valence-electron chi connectivity index (χ4n) is 3.31. The average molecular weight is 375 g/mol. The van der Waals surface area contributed by atoms with Gasteiger partial charge in [0.1, 0.15) is 5.75 Å². The van der Waals surface area contributed by atoms with Gasteiger partial charge < -0.3 is 24.2 Å². The number of benzene rings is 1. The van der Waals surface area contributed by atoms with Crippen molar-refractivity contribution in [1.82, 2.24) is 9.80 Å². The number of fused-ring (bicyclic) bond motifs is 1. The summed E-state index contributed by atoms with van der Waals surface area (Å²) < 4.78 is 10.6. The van der Waals surface area contributed by atoms with E-state index in [1.807, 2.05) is 24.3 Å². The average Bonchev–Trinajstić information content (AvgIpc) is 2.68. The molecule has 0 radical (unpaired) electrons. The van der Waals surface area contributed by atoms with Crippen LogP contribution in [0.4, 0.5) is 10.5 Å². The Hall–Kier alpha value is -2.77. The van der Waals surface area contributed by atoms with E-state index in [4.69, 9.17) is 9.47 Å². The van der Waals surface area contributed by atoms with Crippen LogP contribution in [-0.2, 0) is 14.3 Å². The lowest BCUT2D eigenvalue weighted by Gasteiger charge is -2.35. The number of nitrogens with zero attached hydrogens (tertiary/aromatic N) is 3. The third-order valence-electron chi connectivity index (χ3n) is 4.78. The van der Waals surface area contributed by atoms with E-state index in [0.717, 1.165) is 0 Å². The Morgan fingerprint density at radius 1 is 1.15 bits per heavy atom. The molecule has 2 aliphatic heterocycles. The third-order valence-corrected chi connectivity index (χ3v) is 4.78. The molecule has 0 aromatic heterocycles. The molecule has 1 saturated heterocycles. The quantitative estimate of drug-likeness (QED) is 0.797. The van der Waals surface area contributed by atoms with Gasteiger partial charge in [0, 0.05) is 39.1 Å². The molecule has 3 amide bonds. The number of carbonyl (C=O) groups excluding carboxylic acids is 3. The molecule has 1 atom stereocenters. The minimum absolute atomic E-state index is 0.0251. The predicted molar refractivity (Wildman–Crippen MR) is 98.7 cm³/mol. The van der Waals surface area contributed by atoms with E-state index >= 15 is 0 Å². The van der Waals surface area contributed by atoms with Crippen LogP contribution in [-0.4, -0.2) is 73.1 Å². The summed E-state index contributed by atoms with van der Waals surface area (Å²) in [4.78, 5) is 41.7. The van der Waals surface area contributed by atoms with Gasteiger partial charge in [0.15, 0.2) is 6.10 Å². The van der Waals surface area contributed by atoms with Crippen LogP contribution in [0.3, 0.4) is 0 Å². The van der Waals surface area contributed by atoms with Crippen LogP contribution < -0.4 is 9.64 Å². The van der Waals surface area contributed by atoms with Crippen molar-refractivity contribution in [3.63, 3.8) is 0 Å². The summed E-state index contributed by atoms with van der Waals surface area (Å²) in [5.74, 6) is 0.483. The lowest BCUT2D eigenvalue weighted by Crippen LogP contribution is -2.51. The normalized spacial score (nSPS) is 19.4. The Labute approximate surface area is 158 Å². The highest BCUT2D eigenvalue weighted by molar-refractivity contribution is 6.00. The molecule has 0 N–H and O–H groups in total. The predicted octanol–water partition coefficient (Wildman–Crippen LogP) is 1.49. The van der Waals surface area contributed by atoms with Gasteiger partial charge in [0.05, 0.1) is 12.3 Å². The number of anilines is 1. The Kier molecular flexibility index (Phi) is 5.83. The van der Waals surface area contributed by atoms with Crippen LogP contribution in [0.5, 0.6) is 5.75 Å². The minimum atomic E-state index is -0.567. The number of ether oxygens (including phenoxy) is 2. The van der Waals surface area contributed by atoms with Gasteiger partial charge in [-0.1, -0.05) is 12.1 Å². The molecule has 0 unspecified atom stereocenters. The molecule has 0 aliphatic carbocycles. The summed E-state index contributed by atoms with van der Waals surface area (Å²) in [5, 5.41) is 0. The van der Waals surface area contributed by atoms with Crippen molar-refractivity contribution in [2.24, 2.45) is 0 Å². The van der Waals surface area contributed by atoms with Gasteiger partial charge in [-0.05, 0) is 26.0 Å². The molecule has 2 aliphatic rings. The fourth-order valence-corrected chi connectivity index (χ4v) is 3.31. The van der Waals surface area contributed by atoms with Crippen LogP contribution >= 0.6 is 0 Å². The van der Waals surface area contributed by atoms with E-state index in [2.05, 4.69) is 0 Å². The summed E-state index contributed by atoms with van der Waals surface area (Å²) in [6, 6.07) is 7.34. The van der Waals surface area contributed by atoms with Crippen LogP contribution in [0.15, 0.2) is 24.3 Å². The van der Waals surface area contributed by atoms with Crippen molar-refractivity contribution in [3.05, 3.63) is 24.3 Å². The van der Waals surface area contributed by atoms with E-state index in [1.165, 1.54) is 0 Å². The van der Waals surface area contributed by atoms with Gasteiger partial charge in [-0.25, -0.2) is 4.79 Å². The zero-order valence-electron chi connectivity index (χ0n) is 15.7. The number of hydrogen-bond donors (Lipinski definition) is 0. The van der Waals surface area contributed by atoms with E-state index in [-0.39, 0.29) is 24.3 Å². The number of carbonyl (C=O) groups is 3. The van der Waals surface area contributed by atoms with Gasteiger partial charge in [0.25, 0.3) is 5.91 Å². The Bertz CT molecular complexity index is 715. The highest BCUT2D eigenvalue weighted by Gasteiger charge is 2.32. The van der Waals surface area contributed by atoms with Crippen molar-refractivity contribution in [2.75, 3.05) is 44.2 Å². The molecule has 1 fully saturated rings. The number of rotatable bonds is 4. The molecule has 8 nitrogen and oxygen atoms in total. The first kappa shape index (κ1) is 19.0. The van der Waals surface area contributed by atoms with Crippen LogP contribution in [0.2, 0.25) is 0 Å². The molecule has 0 spiro atoms. The first-order valence-electron chi connectivity index (χ1n) is 9.27. The third kappa shape index (κ3) is 4.15. The van der Waals surface area contributed by atoms with E-state index in [9.17, 15) is 14.4 Å². The SMILES string of the molecule is CCOC(=O)N1CCN(C(=O)CCN2C(=O)[C@@H](C)Oc3ccccc32)CC1. The fraction of sp³-hybridized carbons (Fsp3) is 0.526. The van der Waals surface area contributed by atoms with Gasteiger partial charge in [-0.2, -0.15) is 0 Å². The zero-order chi connectivity index (χ0) is 19.4. The molecule has 146 valence electrons. The van der Waals surface area contributed by atoms with Crippen molar-refractivity contribution in [2.45, 2.75) is 26.4 Å². The van der Waals surface area contributed by atoms with Crippen LogP contribution in [0.1, 0.15) is 20.3 Å². The summed E-state index contributed by atoms with van der Waals surface area (Å²) in [7, 11) is 0. The molecular formula is C19H25N3O5. The highest BCUT2D eigenvalue weighted by atomic mass is 16.6. The largest absolute Gasteiger partial charge is 0.479 e. The van der Waals surface area contributed by atoms with Gasteiger partial charge >= 0.3 is 6.09 Å². The molecule has 27 heavy (non-hydrogen) atoms. The molecule has 0 bridgehead atoms. The Morgan fingerprint density at radius 2 is 1.81 bits per heavy atom. The van der Waals surface area contributed by atoms with Crippen molar-refractivity contribution in [1.29, 1.82) is 0 Å². The molecular weight excluding hydrogens is 350 g/mol. The number of piperazine rings is 1. The second kappa shape index (κ2) is 8.28. The van der Waals surface area contributed by atoms with E-state index in [1.54, 1.807) is 28.5 Å². The van der Waals surface area contributed by atoms with Gasteiger partial charge in [0.2, 0.25) is 5.91 Å². The maximum absolute atomic E-state index is 12.6. The molecule has 1 aromatic carbocycles. The van der Waals surface area contributed by atoms with Crippen molar-refractivity contribution < 1.29 is 23.9 Å². The minimum Gasteiger partial charge on any atom is -0.479 e. The van der Waals surface area contributed by atoms with Crippen LogP contribution in [0, 0.1) is 0 Å². The first-order chi connectivity index (χ1) is 13.0. The zero-order valence-corrected chi connectivity index (χ0v) is 15.7. The Morgan fingerprint density at radius 3 is 2.52 bits per heavy atom. The molecule has 8 heteroatoms. The lowest BCUT2D eigenvalue weighted by atomic mass is 10.1. The summed E-state index contributed by atoms with van der Waals surface area (Å²) in [6.07, 6.45) is -0.677. The van der Waals surface area contributed by atoms with Crippen LogP contribution in [0.25, 0.3) is 0 Å².